The first-order valence-electron chi connectivity index (χ1n) is 10.3. The summed E-state index contributed by atoms with van der Waals surface area (Å²) in [5.74, 6) is -0.414. The number of halogens is 3. The van der Waals surface area contributed by atoms with Crippen molar-refractivity contribution in [3.63, 3.8) is 0 Å². The Bertz CT molecular complexity index is 1310. The third-order valence-electron chi connectivity index (χ3n) is 4.93. The van der Waals surface area contributed by atoms with Crippen LogP contribution in [-0.2, 0) is 16.1 Å². The second-order valence-corrected chi connectivity index (χ2v) is 10.1. The van der Waals surface area contributed by atoms with Gasteiger partial charge in [-0.3, -0.25) is 19.3 Å². The Morgan fingerprint density at radius 1 is 1.03 bits per heavy atom. The van der Waals surface area contributed by atoms with Crippen molar-refractivity contribution in [3.05, 3.63) is 97.3 Å². The average molecular weight is 592 g/mol. The van der Waals surface area contributed by atoms with Crippen LogP contribution < -0.4 is 10.1 Å². The predicted molar refractivity (Wildman–Crippen MR) is 143 cm³/mol. The van der Waals surface area contributed by atoms with Gasteiger partial charge in [-0.05, 0) is 60.3 Å². The molecule has 0 radical (unpaired) electrons. The molecule has 3 amide bonds. The van der Waals surface area contributed by atoms with Crippen LogP contribution in [0.25, 0.3) is 6.08 Å². The van der Waals surface area contributed by atoms with Crippen molar-refractivity contribution in [1.29, 1.82) is 0 Å². The van der Waals surface area contributed by atoms with Crippen LogP contribution >= 0.6 is 50.9 Å². The molecule has 35 heavy (non-hydrogen) atoms. The second kappa shape index (κ2) is 11.3. The number of thioether (sulfide) groups is 1. The molecule has 0 unspecified atom stereocenters. The Hall–Kier alpha value is -2.78. The number of rotatable bonds is 7. The molecule has 1 N–H and O–H groups in total. The summed E-state index contributed by atoms with van der Waals surface area (Å²) < 4.78 is 6.46. The maximum atomic E-state index is 13.0. The van der Waals surface area contributed by atoms with E-state index >= 15 is 0 Å². The van der Waals surface area contributed by atoms with Crippen molar-refractivity contribution in [1.82, 2.24) is 4.90 Å². The van der Waals surface area contributed by atoms with Crippen molar-refractivity contribution in [2.75, 3.05) is 11.9 Å². The van der Waals surface area contributed by atoms with Crippen LogP contribution in [0.15, 0.2) is 76.1 Å². The summed E-state index contributed by atoms with van der Waals surface area (Å²) in [5.41, 5.74) is 1.69. The molecule has 0 saturated carbocycles. The third kappa shape index (κ3) is 6.27. The number of nitrogens with one attached hydrogen (secondary N) is 1. The van der Waals surface area contributed by atoms with Gasteiger partial charge in [0.1, 0.15) is 5.75 Å². The highest BCUT2D eigenvalue weighted by atomic mass is 79.9. The molecule has 1 fully saturated rings. The molecule has 3 aromatic rings. The normalized spacial score (nSPS) is 14.5. The van der Waals surface area contributed by atoms with E-state index in [-0.39, 0.29) is 24.0 Å². The number of hydrogen-bond acceptors (Lipinski definition) is 5. The predicted octanol–water partition coefficient (Wildman–Crippen LogP) is 7.01. The molecule has 0 atom stereocenters. The van der Waals surface area contributed by atoms with Crippen molar-refractivity contribution in [2.24, 2.45) is 0 Å². The van der Waals surface area contributed by atoms with E-state index in [9.17, 15) is 14.4 Å². The standard InChI is InChI=1S/C25H17BrCl2N2O4S/c26-16-9-10-21(34-14-23(31)29-17-5-2-1-3-6-17)15(11-16)12-22-24(32)30(25(33)35-22)13-18-19(27)7-4-8-20(18)28/h1-12H,13-14H2,(H,29,31)/b22-12-. The topological polar surface area (TPSA) is 75.7 Å². The van der Waals surface area contributed by atoms with Crippen LogP contribution in [0.4, 0.5) is 10.5 Å². The molecule has 0 aromatic heterocycles. The summed E-state index contributed by atoms with van der Waals surface area (Å²) in [6.07, 6.45) is 1.56. The Labute approximate surface area is 224 Å². The van der Waals surface area contributed by atoms with E-state index < -0.39 is 11.1 Å². The maximum absolute atomic E-state index is 13.0. The molecule has 0 aliphatic carbocycles. The van der Waals surface area contributed by atoms with Gasteiger partial charge < -0.3 is 10.1 Å². The van der Waals surface area contributed by atoms with Gasteiger partial charge in [-0.1, -0.05) is 63.4 Å². The van der Waals surface area contributed by atoms with E-state index in [2.05, 4.69) is 21.2 Å². The Morgan fingerprint density at radius 3 is 2.46 bits per heavy atom. The molecule has 10 heteroatoms. The lowest BCUT2D eigenvalue weighted by molar-refractivity contribution is -0.123. The third-order valence-corrected chi connectivity index (χ3v) is 7.04. The molecule has 6 nitrogen and oxygen atoms in total. The first-order chi connectivity index (χ1) is 16.8. The minimum absolute atomic E-state index is 0.0397. The summed E-state index contributed by atoms with van der Waals surface area (Å²) in [6.45, 7) is -0.272. The van der Waals surface area contributed by atoms with Gasteiger partial charge in [0.15, 0.2) is 6.61 Å². The van der Waals surface area contributed by atoms with Gasteiger partial charge in [-0.25, -0.2) is 0 Å². The van der Waals surface area contributed by atoms with Crippen LogP contribution in [-0.4, -0.2) is 28.6 Å². The first kappa shape index (κ1) is 25.3. The number of amides is 3. The van der Waals surface area contributed by atoms with Crippen molar-refractivity contribution in [3.8, 4) is 5.75 Å². The highest BCUT2D eigenvalue weighted by Crippen LogP contribution is 2.37. The Kier molecular flexibility index (Phi) is 8.18. The van der Waals surface area contributed by atoms with Crippen molar-refractivity contribution < 1.29 is 19.1 Å². The number of ether oxygens (including phenoxy) is 1. The fourth-order valence-corrected chi connectivity index (χ4v) is 4.97. The lowest BCUT2D eigenvalue weighted by Gasteiger charge is -2.14. The molecule has 1 aliphatic heterocycles. The molecular weight excluding hydrogens is 575 g/mol. The lowest BCUT2D eigenvalue weighted by Crippen LogP contribution is -2.27. The summed E-state index contributed by atoms with van der Waals surface area (Å²) in [6, 6.07) is 19.2. The molecular formula is C25H17BrCl2N2O4S. The minimum Gasteiger partial charge on any atom is -0.483 e. The quantitative estimate of drug-likeness (QED) is 0.299. The zero-order chi connectivity index (χ0) is 24.9. The zero-order valence-corrected chi connectivity index (χ0v) is 21.9. The fourth-order valence-electron chi connectivity index (χ4n) is 3.24. The van der Waals surface area contributed by atoms with E-state index in [1.165, 1.54) is 0 Å². The van der Waals surface area contributed by atoms with Gasteiger partial charge in [-0.15, -0.1) is 0 Å². The number of anilines is 1. The summed E-state index contributed by atoms with van der Waals surface area (Å²) in [7, 11) is 0. The summed E-state index contributed by atoms with van der Waals surface area (Å²) in [5, 5.41) is 3.06. The van der Waals surface area contributed by atoms with Crippen LogP contribution in [0.3, 0.4) is 0 Å². The SMILES string of the molecule is O=C(COc1ccc(Br)cc1/C=C1\SC(=O)N(Cc2c(Cl)cccc2Cl)C1=O)Nc1ccccc1. The number of carbonyl (C=O) groups is 3. The van der Waals surface area contributed by atoms with E-state index in [1.54, 1.807) is 54.6 Å². The number of imide groups is 1. The van der Waals surface area contributed by atoms with E-state index in [1.807, 2.05) is 18.2 Å². The number of hydrogen-bond donors (Lipinski definition) is 1. The average Bonchev–Trinajstić information content (AvgIpc) is 3.08. The molecule has 0 spiro atoms. The van der Waals surface area contributed by atoms with Crippen molar-refractivity contribution >= 4 is 79.7 Å². The van der Waals surface area contributed by atoms with Crippen LogP contribution in [0, 0.1) is 0 Å². The smallest absolute Gasteiger partial charge is 0.293 e. The second-order valence-electron chi connectivity index (χ2n) is 7.35. The number of nitrogens with zero attached hydrogens (tertiary/aromatic N) is 1. The van der Waals surface area contributed by atoms with Gasteiger partial charge in [0.25, 0.3) is 17.1 Å². The molecule has 1 aliphatic rings. The van der Waals surface area contributed by atoms with Crippen molar-refractivity contribution in [2.45, 2.75) is 6.54 Å². The molecule has 4 rings (SSSR count). The molecule has 1 saturated heterocycles. The van der Waals surface area contributed by atoms with Crippen LogP contribution in [0.2, 0.25) is 10.0 Å². The number of carbonyl (C=O) groups excluding carboxylic acids is 3. The van der Waals surface area contributed by atoms with Gasteiger partial charge in [0.2, 0.25) is 0 Å². The van der Waals surface area contributed by atoms with E-state index in [4.69, 9.17) is 27.9 Å². The highest BCUT2D eigenvalue weighted by Gasteiger charge is 2.36. The molecule has 178 valence electrons. The summed E-state index contributed by atoms with van der Waals surface area (Å²) in [4.78, 5) is 39.2. The Balaban J connectivity index is 1.51. The fraction of sp³-hybridized carbons (Fsp3) is 0.0800. The molecule has 1 heterocycles. The monoisotopic (exact) mass is 590 g/mol. The summed E-state index contributed by atoms with van der Waals surface area (Å²) >= 11 is 16.6. The first-order valence-corrected chi connectivity index (χ1v) is 12.6. The van der Waals surface area contributed by atoms with Crippen LogP contribution in [0.1, 0.15) is 11.1 Å². The van der Waals surface area contributed by atoms with Gasteiger partial charge in [0, 0.05) is 31.3 Å². The van der Waals surface area contributed by atoms with Gasteiger partial charge in [-0.2, -0.15) is 0 Å². The largest absolute Gasteiger partial charge is 0.483 e. The van der Waals surface area contributed by atoms with Crippen LogP contribution in [0.5, 0.6) is 5.75 Å². The molecule has 0 bridgehead atoms. The number of para-hydroxylation sites is 1. The van der Waals surface area contributed by atoms with E-state index in [0.717, 1.165) is 21.1 Å². The highest BCUT2D eigenvalue weighted by molar-refractivity contribution is 9.10. The van der Waals surface area contributed by atoms with Gasteiger partial charge >= 0.3 is 0 Å². The van der Waals surface area contributed by atoms with E-state index in [0.29, 0.717) is 32.6 Å². The number of benzene rings is 3. The van der Waals surface area contributed by atoms with Gasteiger partial charge in [0.05, 0.1) is 11.4 Å². The lowest BCUT2D eigenvalue weighted by atomic mass is 10.1. The molecule has 3 aromatic carbocycles. The zero-order valence-electron chi connectivity index (χ0n) is 18.0. The Morgan fingerprint density at radius 2 is 1.74 bits per heavy atom. The minimum atomic E-state index is -0.469. The maximum Gasteiger partial charge on any atom is 0.293 e.